The second kappa shape index (κ2) is 5.32. The van der Waals surface area contributed by atoms with E-state index in [0.717, 1.165) is 10.1 Å². The van der Waals surface area contributed by atoms with Gasteiger partial charge in [0.15, 0.2) is 0 Å². The third-order valence-corrected chi connectivity index (χ3v) is 6.05. The molecular weight excluding hydrogens is 314 g/mol. The number of hydrogen-bond donors (Lipinski definition) is 1. The third kappa shape index (κ3) is 2.16. The summed E-state index contributed by atoms with van der Waals surface area (Å²) in [5, 5.41) is 12.5. The minimum Gasteiger partial charge on any atom is -0.481 e. The van der Waals surface area contributed by atoms with Crippen LogP contribution in [-0.2, 0) is 9.53 Å². The molecule has 4 rings (SSSR count). The quantitative estimate of drug-likeness (QED) is 0.918. The Kier molecular flexibility index (Phi) is 3.39. The molecule has 120 valence electrons. The molecular formula is C17H17NO4S. The average molecular weight is 331 g/mol. The van der Waals surface area contributed by atoms with Crippen LogP contribution < -0.4 is 0 Å². The lowest BCUT2D eigenvalue weighted by atomic mass is 9.76. The molecule has 2 atom stereocenters. The molecule has 1 aromatic heterocycles. The third-order valence-electron chi connectivity index (χ3n) is 5.09. The molecule has 1 aromatic carbocycles. The van der Waals surface area contributed by atoms with Crippen molar-refractivity contribution < 1.29 is 19.4 Å². The van der Waals surface area contributed by atoms with Gasteiger partial charge in [-0.05, 0) is 18.4 Å². The van der Waals surface area contributed by atoms with Crippen LogP contribution >= 0.6 is 11.3 Å². The molecule has 0 unspecified atom stereocenters. The van der Waals surface area contributed by atoms with Gasteiger partial charge in [-0.1, -0.05) is 18.2 Å². The predicted molar refractivity (Wildman–Crippen MR) is 86.7 cm³/mol. The number of hydrogen-bond acceptors (Lipinski definition) is 4. The fourth-order valence-electron chi connectivity index (χ4n) is 3.76. The van der Waals surface area contributed by atoms with Gasteiger partial charge in [0.25, 0.3) is 5.91 Å². The normalized spacial score (nSPS) is 27.1. The van der Waals surface area contributed by atoms with Crippen molar-refractivity contribution >= 4 is 33.3 Å². The van der Waals surface area contributed by atoms with Crippen LogP contribution in [-0.4, -0.2) is 48.2 Å². The number of ether oxygens (including phenoxy) is 1. The fraction of sp³-hybridized carbons (Fsp3) is 0.412. The molecule has 1 amide bonds. The molecule has 1 N–H and O–H groups in total. The van der Waals surface area contributed by atoms with Gasteiger partial charge in [0.05, 0.1) is 12.2 Å². The van der Waals surface area contributed by atoms with Crippen molar-refractivity contribution in [3.05, 3.63) is 35.2 Å². The molecule has 2 aromatic rings. The van der Waals surface area contributed by atoms with Gasteiger partial charge in [0.2, 0.25) is 0 Å². The first-order chi connectivity index (χ1) is 11.1. The van der Waals surface area contributed by atoms with E-state index in [9.17, 15) is 14.7 Å². The van der Waals surface area contributed by atoms with Gasteiger partial charge in [0.1, 0.15) is 5.41 Å². The van der Waals surface area contributed by atoms with E-state index in [-0.39, 0.29) is 25.0 Å². The first kappa shape index (κ1) is 14.7. The van der Waals surface area contributed by atoms with E-state index >= 15 is 0 Å². The minimum absolute atomic E-state index is 0.0254. The van der Waals surface area contributed by atoms with E-state index < -0.39 is 11.4 Å². The van der Waals surface area contributed by atoms with Crippen LogP contribution in [0, 0.1) is 11.3 Å². The maximum Gasteiger partial charge on any atom is 0.314 e. The van der Waals surface area contributed by atoms with Crippen LogP contribution in [0.25, 0.3) is 10.1 Å². The van der Waals surface area contributed by atoms with Crippen LogP contribution in [0.5, 0.6) is 0 Å². The van der Waals surface area contributed by atoms with Gasteiger partial charge in [-0.15, -0.1) is 11.3 Å². The lowest BCUT2D eigenvalue weighted by Gasteiger charge is -2.33. The highest BCUT2D eigenvalue weighted by atomic mass is 32.1. The molecule has 0 bridgehead atoms. The number of thiophene rings is 1. The maximum atomic E-state index is 12.9. The zero-order valence-electron chi connectivity index (χ0n) is 12.5. The molecule has 6 heteroatoms. The zero-order valence-corrected chi connectivity index (χ0v) is 13.3. The highest BCUT2D eigenvalue weighted by Crippen LogP contribution is 2.42. The smallest absolute Gasteiger partial charge is 0.314 e. The van der Waals surface area contributed by atoms with E-state index in [0.29, 0.717) is 25.1 Å². The SMILES string of the molecule is O=C(c1csc2ccccc12)N1C[C@@H]2CCOC[C@]2(C(=O)O)C1. The number of nitrogens with zero attached hydrogens (tertiary/aromatic N) is 1. The van der Waals surface area contributed by atoms with Crippen LogP contribution in [0.3, 0.4) is 0 Å². The van der Waals surface area contributed by atoms with E-state index in [1.54, 1.807) is 16.2 Å². The summed E-state index contributed by atoms with van der Waals surface area (Å²) in [5.74, 6) is -0.951. The van der Waals surface area contributed by atoms with Crippen molar-refractivity contribution in [2.75, 3.05) is 26.3 Å². The number of carbonyl (C=O) groups is 2. The number of amides is 1. The number of carboxylic acid groups (broad SMARTS) is 1. The molecule has 5 nitrogen and oxygen atoms in total. The summed E-state index contributed by atoms with van der Waals surface area (Å²) in [5.41, 5.74) is -0.273. The summed E-state index contributed by atoms with van der Waals surface area (Å²) in [6.45, 7) is 1.50. The monoisotopic (exact) mass is 331 g/mol. The van der Waals surface area contributed by atoms with E-state index in [4.69, 9.17) is 4.74 Å². The van der Waals surface area contributed by atoms with Gasteiger partial charge in [-0.25, -0.2) is 0 Å². The first-order valence-corrected chi connectivity index (χ1v) is 8.56. The standard InChI is InChI=1S/C17H17NO4S/c19-15(13-8-23-14-4-2-1-3-12(13)14)18-7-11-5-6-22-10-17(11,9-18)16(20)21/h1-4,8,11H,5-7,9-10H2,(H,20,21)/t11-,17+/m0/s1. The van der Waals surface area contributed by atoms with Gasteiger partial charge < -0.3 is 14.7 Å². The van der Waals surface area contributed by atoms with Gasteiger partial charge in [0, 0.05) is 35.2 Å². The zero-order chi connectivity index (χ0) is 16.0. The molecule has 0 radical (unpaired) electrons. The summed E-state index contributed by atoms with van der Waals surface area (Å²) >= 11 is 1.54. The second-order valence-corrected chi connectivity index (χ2v) is 7.24. The minimum atomic E-state index is -0.945. The topological polar surface area (TPSA) is 66.8 Å². The summed E-state index contributed by atoms with van der Waals surface area (Å²) in [6.07, 6.45) is 0.695. The molecule has 0 aliphatic carbocycles. The summed E-state index contributed by atoms with van der Waals surface area (Å²) in [6, 6.07) is 7.81. The first-order valence-electron chi connectivity index (χ1n) is 7.68. The van der Waals surface area contributed by atoms with E-state index in [1.807, 2.05) is 29.6 Å². The number of aliphatic carboxylic acids is 1. The Bertz CT molecular complexity index is 786. The largest absolute Gasteiger partial charge is 0.481 e. The molecule has 0 saturated carbocycles. The van der Waals surface area contributed by atoms with E-state index in [1.165, 1.54) is 0 Å². The fourth-order valence-corrected chi connectivity index (χ4v) is 4.69. The number of rotatable bonds is 2. The Hall–Kier alpha value is -1.92. The van der Waals surface area contributed by atoms with Crippen molar-refractivity contribution in [1.82, 2.24) is 4.90 Å². The number of likely N-dealkylation sites (tertiary alicyclic amines) is 1. The Morgan fingerprint density at radius 1 is 1.35 bits per heavy atom. The Labute approximate surface area is 137 Å². The maximum absolute atomic E-state index is 12.9. The Balaban J connectivity index is 1.66. The lowest BCUT2D eigenvalue weighted by Crippen LogP contribution is -2.46. The average Bonchev–Trinajstić information content (AvgIpc) is 3.16. The molecule has 2 aliphatic heterocycles. The number of carboxylic acids is 1. The summed E-state index contributed by atoms with van der Waals surface area (Å²) in [7, 11) is 0. The van der Waals surface area contributed by atoms with Crippen LogP contribution in [0.1, 0.15) is 16.8 Å². The Morgan fingerprint density at radius 3 is 2.96 bits per heavy atom. The molecule has 23 heavy (non-hydrogen) atoms. The number of benzene rings is 1. The summed E-state index contributed by atoms with van der Waals surface area (Å²) < 4.78 is 6.49. The number of carbonyl (C=O) groups excluding carboxylic acids is 1. The summed E-state index contributed by atoms with van der Waals surface area (Å²) in [4.78, 5) is 26.4. The lowest BCUT2D eigenvalue weighted by molar-refractivity contribution is -0.159. The van der Waals surface area contributed by atoms with Crippen LogP contribution in [0.15, 0.2) is 29.6 Å². The van der Waals surface area contributed by atoms with Gasteiger partial charge in [-0.3, -0.25) is 9.59 Å². The van der Waals surface area contributed by atoms with Crippen molar-refractivity contribution in [2.45, 2.75) is 6.42 Å². The van der Waals surface area contributed by atoms with Crippen molar-refractivity contribution in [3.63, 3.8) is 0 Å². The van der Waals surface area contributed by atoms with Crippen LogP contribution in [0.2, 0.25) is 0 Å². The van der Waals surface area contributed by atoms with Crippen LogP contribution in [0.4, 0.5) is 0 Å². The van der Waals surface area contributed by atoms with Gasteiger partial charge in [-0.2, -0.15) is 0 Å². The molecule has 2 aliphatic rings. The number of fused-ring (bicyclic) bond motifs is 2. The second-order valence-electron chi connectivity index (χ2n) is 6.33. The van der Waals surface area contributed by atoms with Crippen molar-refractivity contribution in [3.8, 4) is 0 Å². The molecule has 3 heterocycles. The van der Waals surface area contributed by atoms with Crippen molar-refractivity contribution in [1.29, 1.82) is 0 Å². The predicted octanol–water partition coefficient (Wildman–Crippen LogP) is 2.46. The van der Waals surface area contributed by atoms with E-state index in [2.05, 4.69) is 0 Å². The molecule has 2 fully saturated rings. The highest BCUT2D eigenvalue weighted by molar-refractivity contribution is 7.17. The Morgan fingerprint density at radius 2 is 2.17 bits per heavy atom. The molecule has 0 spiro atoms. The highest BCUT2D eigenvalue weighted by Gasteiger charge is 2.55. The van der Waals surface area contributed by atoms with Crippen molar-refractivity contribution in [2.24, 2.45) is 11.3 Å². The van der Waals surface area contributed by atoms with Gasteiger partial charge >= 0.3 is 5.97 Å². The molecule has 2 saturated heterocycles.